The van der Waals surface area contributed by atoms with Crippen LogP contribution in [-0.4, -0.2) is 25.0 Å². The zero-order valence-electron chi connectivity index (χ0n) is 14.1. The van der Waals surface area contributed by atoms with Gasteiger partial charge in [0.2, 0.25) is 11.8 Å². The highest BCUT2D eigenvalue weighted by Crippen LogP contribution is 2.41. The van der Waals surface area contributed by atoms with Gasteiger partial charge in [-0.15, -0.1) is 0 Å². The normalized spacial score (nSPS) is 16.2. The third-order valence-electron chi connectivity index (χ3n) is 4.80. The summed E-state index contributed by atoms with van der Waals surface area (Å²) in [6.07, 6.45) is 1.87. The van der Waals surface area contributed by atoms with Crippen molar-refractivity contribution in [1.82, 2.24) is 0 Å². The topological polar surface area (TPSA) is 106 Å². The number of hydrogen-bond donors (Lipinski definition) is 2. The molecule has 136 valence electrons. The molecule has 0 aromatic heterocycles. The van der Waals surface area contributed by atoms with E-state index in [0.29, 0.717) is 18.5 Å². The van der Waals surface area contributed by atoms with Crippen LogP contribution in [0.4, 0.5) is 5.69 Å². The molecule has 1 aliphatic carbocycles. The molecule has 0 bridgehead atoms. The van der Waals surface area contributed by atoms with E-state index in [1.54, 1.807) is 30.3 Å². The Kier molecular flexibility index (Phi) is 4.82. The SMILES string of the molecule is NC(=O)c1cccc(NC(=O)C2(S(=O)(=O)c3ccccc3)CCCC2)c1. The van der Waals surface area contributed by atoms with Crippen LogP contribution in [0, 0.1) is 0 Å². The highest BCUT2D eigenvalue weighted by molar-refractivity contribution is 7.93. The zero-order valence-corrected chi connectivity index (χ0v) is 15.0. The van der Waals surface area contributed by atoms with Crippen molar-refractivity contribution in [3.8, 4) is 0 Å². The van der Waals surface area contributed by atoms with Crippen molar-refractivity contribution in [2.45, 2.75) is 35.3 Å². The van der Waals surface area contributed by atoms with Gasteiger partial charge in [0.25, 0.3) is 0 Å². The summed E-state index contributed by atoms with van der Waals surface area (Å²) >= 11 is 0. The maximum atomic E-state index is 13.2. The van der Waals surface area contributed by atoms with Crippen molar-refractivity contribution in [2.75, 3.05) is 5.32 Å². The number of nitrogens with two attached hydrogens (primary N) is 1. The Bertz CT molecular complexity index is 933. The smallest absolute Gasteiger partial charge is 0.248 e. The van der Waals surface area contributed by atoms with E-state index in [9.17, 15) is 18.0 Å². The van der Waals surface area contributed by atoms with Crippen LogP contribution in [-0.2, 0) is 14.6 Å². The van der Waals surface area contributed by atoms with E-state index < -0.39 is 26.4 Å². The average Bonchev–Trinajstić information content (AvgIpc) is 3.14. The minimum absolute atomic E-state index is 0.142. The molecule has 3 N–H and O–H groups in total. The predicted octanol–water partition coefficient (Wildman–Crippen LogP) is 2.51. The molecule has 0 aliphatic heterocycles. The van der Waals surface area contributed by atoms with Gasteiger partial charge < -0.3 is 11.1 Å². The molecule has 0 atom stereocenters. The summed E-state index contributed by atoms with van der Waals surface area (Å²) in [6.45, 7) is 0. The molecular formula is C19H20N2O4S. The van der Waals surface area contributed by atoms with Crippen molar-refractivity contribution >= 4 is 27.3 Å². The zero-order chi connectivity index (χ0) is 18.8. The Labute approximate surface area is 152 Å². The molecule has 1 aliphatic rings. The van der Waals surface area contributed by atoms with Crippen LogP contribution >= 0.6 is 0 Å². The maximum absolute atomic E-state index is 13.2. The summed E-state index contributed by atoms with van der Waals surface area (Å²) in [6, 6.07) is 14.2. The van der Waals surface area contributed by atoms with E-state index in [0.717, 1.165) is 0 Å². The van der Waals surface area contributed by atoms with Crippen LogP contribution in [0.1, 0.15) is 36.0 Å². The molecule has 1 fully saturated rings. The lowest BCUT2D eigenvalue weighted by Crippen LogP contribution is -2.47. The molecule has 3 rings (SSSR count). The van der Waals surface area contributed by atoms with Crippen LogP contribution in [0.25, 0.3) is 0 Å². The van der Waals surface area contributed by atoms with Gasteiger partial charge in [0, 0.05) is 11.3 Å². The molecule has 0 unspecified atom stereocenters. The van der Waals surface area contributed by atoms with Crippen molar-refractivity contribution < 1.29 is 18.0 Å². The van der Waals surface area contributed by atoms with E-state index >= 15 is 0 Å². The monoisotopic (exact) mass is 372 g/mol. The standard InChI is InChI=1S/C19H20N2O4S/c20-17(22)14-7-6-8-15(13-14)21-18(23)19(11-4-5-12-19)26(24,25)16-9-2-1-3-10-16/h1-3,6-10,13H,4-5,11-12H2,(H2,20,22)(H,21,23). The lowest BCUT2D eigenvalue weighted by molar-refractivity contribution is -0.118. The summed E-state index contributed by atoms with van der Waals surface area (Å²) < 4.78 is 25.0. The van der Waals surface area contributed by atoms with Crippen molar-refractivity contribution in [1.29, 1.82) is 0 Å². The second-order valence-electron chi connectivity index (χ2n) is 6.42. The van der Waals surface area contributed by atoms with Gasteiger partial charge in [-0.1, -0.05) is 37.1 Å². The molecule has 2 aromatic rings. The molecule has 26 heavy (non-hydrogen) atoms. The number of carbonyl (C=O) groups is 2. The van der Waals surface area contributed by atoms with Crippen LogP contribution in [0.3, 0.4) is 0 Å². The molecule has 1 saturated carbocycles. The van der Waals surface area contributed by atoms with Crippen LogP contribution in [0.2, 0.25) is 0 Å². The maximum Gasteiger partial charge on any atom is 0.248 e. The van der Waals surface area contributed by atoms with E-state index in [4.69, 9.17) is 5.73 Å². The molecule has 6 nitrogen and oxygen atoms in total. The number of benzene rings is 2. The first-order valence-electron chi connectivity index (χ1n) is 8.38. The van der Waals surface area contributed by atoms with Crippen LogP contribution in [0.5, 0.6) is 0 Å². The lowest BCUT2D eigenvalue weighted by atomic mass is 10.1. The van der Waals surface area contributed by atoms with Gasteiger partial charge in [0.15, 0.2) is 14.6 Å². The predicted molar refractivity (Wildman–Crippen MR) is 98.4 cm³/mol. The third-order valence-corrected chi connectivity index (χ3v) is 7.31. The third kappa shape index (κ3) is 3.10. The number of primary amides is 1. The first-order valence-corrected chi connectivity index (χ1v) is 9.86. The molecule has 0 saturated heterocycles. The quantitative estimate of drug-likeness (QED) is 0.841. The van der Waals surface area contributed by atoms with Gasteiger partial charge >= 0.3 is 0 Å². The summed E-state index contributed by atoms with van der Waals surface area (Å²) in [5.41, 5.74) is 5.85. The second kappa shape index (κ2) is 6.92. The van der Waals surface area contributed by atoms with E-state index in [2.05, 4.69) is 5.32 Å². The fourth-order valence-corrected chi connectivity index (χ4v) is 5.47. The van der Waals surface area contributed by atoms with Gasteiger partial charge in [-0.05, 0) is 43.2 Å². The Hall–Kier alpha value is -2.67. The number of sulfone groups is 1. The van der Waals surface area contributed by atoms with Crippen molar-refractivity contribution in [3.63, 3.8) is 0 Å². The van der Waals surface area contributed by atoms with E-state index in [1.807, 2.05) is 0 Å². The Morgan fingerprint density at radius 3 is 2.23 bits per heavy atom. The number of amides is 2. The van der Waals surface area contributed by atoms with E-state index in [1.165, 1.54) is 24.3 Å². The molecule has 7 heteroatoms. The van der Waals surface area contributed by atoms with Crippen LogP contribution in [0.15, 0.2) is 59.5 Å². The summed E-state index contributed by atoms with van der Waals surface area (Å²) in [4.78, 5) is 24.5. The van der Waals surface area contributed by atoms with Gasteiger partial charge in [-0.25, -0.2) is 8.42 Å². The molecule has 0 heterocycles. The number of rotatable bonds is 5. The fraction of sp³-hybridized carbons (Fsp3) is 0.263. The molecular weight excluding hydrogens is 352 g/mol. The first kappa shape index (κ1) is 18.1. The van der Waals surface area contributed by atoms with Gasteiger partial charge in [0.05, 0.1) is 4.90 Å². The van der Waals surface area contributed by atoms with Gasteiger partial charge in [-0.3, -0.25) is 9.59 Å². The lowest BCUT2D eigenvalue weighted by Gasteiger charge is -2.27. The number of carbonyl (C=O) groups excluding carboxylic acids is 2. The molecule has 0 radical (unpaired) electrons. The Morgan fingerprint density at radius 1 is 0.962 bits per heavy atom. The minimum Gasteiger partial charge on any atom is -0.366 e. The summed E-state index contributed by atoms with van der Waals surface area (Å²) in [5.74, 6) is -1.19. The molecule has 2 aromatic carbocycles. The van der Waals surface area contributed by atoms with E-state index in [-0.39, 0.29) is 23.3 Å². The van der Waals surface area contributed by atoms with Crippen molar-refractivity contribution in [3.05, 3.63) is 60.2 Å². The van der Waals surface area contributed by atoms with Gasteiger partial charge in [-0.2, -0.15) is 0 Å². The van der Waals surface area contributed by atoms with Crippen LogP contribution < -0.4 is 11.1 Å². The number of hydrogen-bond acceptors (Lipinski definition) is 4. The Balaban J connectivity index is 1.96. The fourth-order valence-electron chi connectivity index (χ4n) is 3.38. The average molecular weight is 372 g/mol. The highest BCUT2D eigenvalue weighted by atomic mass is 32.2. The number of anilines is 1. The molecule has 0 spiro atoms. The van der Waals surface area contributed by atoms with Crippen molar-refractivity contribution in [2.24, 2.45) is 5.73 Å². The number of nitrogens with one attached hydrogen (secondary N) is 1. The largest absolute Gasteiger partial charge is 0.366 e. The minimum atomic E-state index is -3.85. The van der Waals surface area contributed by atoms with Gasteiger partial charge in [0.1, 0.15) is 0 Å². The first-order chi connectivity index (χ1) is 12.4. The second-order valence-corrected chi connectivity index (χ2v) is 8.68. The Morgan fingerprint density at radius 2 is 1.62 bits per heavy atom. The summed E-state index contributed by atoms with van der Waals surface area (Å²) in [7, 11) is -3.85. The summed E-state index contributed by atoms with van der Waals surface area (Å²) in [5, 5.41) is 2.67. The highest BCUT2D eigenvalue weighted by Gasteiger charge is 2.52. The molecule has 2 amide bonds.